The van der Waals surface area contributed by atoms with Crippen LogP contribution in [0.15, 0.2) is 127 Å². The lowest BCUT2D eigenvalue weighted by atomic mass is 10.1. The number of carbonyl (C=O) groups is 2. The molecule has 6 aromatic carbocycles. The van der Waals surface area contributed by atoms with Crippen LogP contribution in [0.1, 0.15) is 31.8 Å². The van der Waals surface area contributed by atoms with Gasteiger partial charge in [0.15, 0.2) is 0 Å². The molecule has 0 bridgehead atoms. The lowest BCUT2D eigenvalue weighted by molar-refractivity contribution is 0.0926. The number of aryl methyl sites for hydroxylation is 1. The van der Waals surface area contributed by atoms with Crippen LogP contribution in [0.2, 0.25) is 0 Å². The molecule has 0 spiro atoms. The van der Waals surface area contributed by atoms with E-state index in [0.717, 1.165) is 54.2 Å². The third-order valence-electron chi connectivity index (χ3n) is 9.16. The molecule has 9 rings (SSSR count). The summed E-state index contributed by atoms with van der Waals surface area (Å²) in [6, 6.07) is 44.0. The first kappa shape index (κ1) is 26.0. The Kier molecular flexibility index (Phi) is 5.38. The average Bonchev–Trinajstić information content (AvgIpc) is 3.70. The van der Waals surface area contributed by atoms with Gasteiger partial charge in [0.05, 0.1) is 50.1 Å². The van der Waals surface area contributed by atoms with Crippen molar-refractivity contribution in [3.05, 3.63) is 150 Å². The van der Waals surface area contributed by atoms with E-state index in [2.05, 4.69) is 94.9 Å². The molecule has 0 radical (unpaired) electrons. The van der Waals surface area contributed by atoms with Gasteiger partial charge in [-0.3, -0.25) is 9.59 Å². The van der Waals surface area contributed by atoms with Crippen molar-refractivity contribution in [3.63, 3.8) is 0 Å². The number of nitrogens with zero attached hydrogens (tertiary/aromatic N) is 4. The van der Waals surface area contributed by atoms with Crippen molar-refractivity contribution < 1.29 is 9.59 Å². The van der Waals surface area contributed by atoms with Crippen LogP contribution in [0.25, 0.3) is 55.0 Å². The zero-order valence-corrected chi connectivity index (χ0v) is 24.7. The van der Waals surface area contributed by atoms with Gasteiger partial charge in [0.2, 0.25) is 0 Å². The topological polar surface area (TPSA) is 71.0 Å². The normalized spacial score (nSPS) is 12.9. The predicted molar refractivity (Wildman–Crippen MR) is 182 cm³/mol. The summed E-state index contributed by atoms with van der Waals surface area (Å²) in [5.74, 6) is -0.778. The van der Waals surface area contributed by atoms with E-state index >= 15 is 0 Å². The molecule has 0 N–H and O–H groups in total. The highest BCUT2D eigenvalue weighted by Gasteiger charge is 2.36. The van der Waals surface area contributed by atoms with Crippen LogP contribution in [-0.2, 0) is 0 Å². The molecular weight excluding hydrogens is 568 g/mol. The zero-order chi connectivity index (χ0) is 31.1. The fourth-order valence-electron chi connectivity index (χ4n) is 7.10. The fraction of sp³-hybridized carbons (Fsp3) is 0.0250. The number of nitriles is 1. The molecule has 2 amide bonds. The second-order valence-corrected chi connectivity index (χ2v) is 11.7. The molecule has 0 atom stereocenters. The molecule has 2 aromatic heterocycles. The number of hydrogen-bond donors (Lipinski definition) is 0. The SMILES string of the molecule is Cc1ccc(-n2c3ccccc3c3c2ccc2c4ccccc4n(-c4ccc(N5C(=O)c6ccccc6C5=O)cc4C#N)c23)cc1. The van der Waals surface area contributed by atoms with E-state index < -0.39 is 0 Å². The Balaban J connectivity index is 1.35. The third kappa shape index (κ3) is 3.45. The average molecular weight is 593 g/mol. The number of hydrogen-bond acceptors (Lipinski definition) is 3. The number of anilines is 1. The highest BCUT2D eigenvalue weighted by molar-refractivity contribution is 6.34. The molecule has 0 unspecified atom stereocenters. The van der Waals surface area contributed by atoms with E-state index in [1.165, 1.54) is 5.56 Å². The molecule has 6 heteroatoms. The Morgan fingerprint density at radius 2 is 1.17 bits per heavy atom. The third-order valence-corrected chi connectivity index (χ3v) is 9.16. The van der Waals surface area contributed by atoms with Crippen molar-refractivity contribution in [1.82, 2.24) is 9.13 Å². The van der Waals surface area contributed by atoms with Crippen molar-refractivity contribution in [2.24, 2.45) is 0 Å². The van der Waals surface area contributed by atoms with Gasteiger partial charge in [0, 0.05) is 27.2 Å². The Hall–Kier alpha value is -6.45. The van der Waals surface area contributed by atoms with Crippen LogP contribution < -0.4 is 4.90 Å². The number of carbonyl (C=O) groups excluding carboxylic acids is 2. The van der Waals surface area contributed by atoms with E-state index in [1.54, 1.807) is 36.4 Å². The van der Waals surface area contributed by atoms with Crippen molar-refractivity contribution in [2.75, 3.05) is 4.90 Å². The molecule has 8 aromatic rings. The number of para-hydroxylation sites is 2. The first-order valence-electron chi connectivity index (χ1n) is 15.1. The lowest BCUT2D eigenvalue weighted by Gasteiger charge is -2.17. The van der Waals surface area contributed by atoms with Crippen LogP contribution in [0.4, 0.5) is 5.69 Å². The molecule has 46 heavy (non-hydrogen) atoms. The molecule has 6 nitrogen and oxygen atoms in total. The summed E-state index contributed by atoms with van der Waals surface area (Å²) in [5.41, 5.74) is 8.50. The largest absolute Gasteiger partial charge is 0.309 e. The minimum atomic E-state index is -0.389. The van der Waals surface area contributed by atoms with Gasteiger partial charge >= 0.3 is 0 Å². The van der Waals surface area contributed by atoms with Crippen LogP contribution in [0, 0.1) is 18.3 Å². The summed E-state index contributed by atoms with van der Waals surface area (Å²) in [6.07, 6.45) is 0. The van der Waals surface area contributed by atoms with Crippen molar-refractivity contribution in [1.29, 1.82) is 5.26 Å². The van der Waals surface area contributed by atoms with Crippen LogP contribution in [0.5, 0.6) is 0 Å². The van der Waals surface area contributed by atoms with Gasteiger partial charge < -0.3 is 9.13 Å². The zero-order valence-electron chi connectivity index (χ0n) is 24.7. The first-order chi connectivity index (χ1) is 22.5. The Morgan fingerprint density at radius 3 is 1.87 bits per heavy atom. The van der Waals surface area contributed by atoms with Gasteiger partial charge in [-0.05, 0) is 67.6 Å². The molecule has 1 aliphatic heterocycles. The summed E-state index contributed by atoms with van der Waals surface area (Å²) in [4.78, 5) is 27.7. The molecule has 0 saturated carbocycles. The molecule has 1 aliphatic rings. The van der Waals surface area contributed by atoms with Crippen molar-refractivity contribution >= 4 is 61.1 Å². The number of amides is 2. The molecular formula is C40H24N4O2. The van der Waals surface area contributed by atoms with Gasteiger partial charge in [-0.1, -0.05) is 72.3 Å². The van der Waals surface area contributed by atoms with Crippen LogP contribution in [0.3, 0.4) is 0 Å². The van der Waals surface area contributed by atoms with Gasteiger partial charge in [-0.15, -0.1) is 0 Å². The summed E-state index contributed by atoms with van der Waals surface area (Å²) in [7, 11) is 0. The van der Waals surface area contributed by atoms with E-state index in [1.807, 2.05) is 18.2 Å². The Labute approximate surface area is 263 Å². The van der Waals surface area contributed by atoms with Crippen LogP contribution >= 0.6 is 0 Å². The quantitative estimate of drug-likeness (QED) is 0.192. The van der Waals surface area contributed by atoms with Gasteiger partial charge in [0.25, 0.3) is 11.8 Å². The van der Waals surface area contributed by atoms with E-state index in [4.69, 9.17) is 0 Å². The number of rotatable bonds is 3. The molecule has 0 aliphatic carbocycles. The maximum atomic E-state index is 13.3. The minimum Gasteiger partial charge on any atom is -0.309 e. The number of fused-ring (bicyclic) bond motifs is 8. The second-order valence-electron chi connectivity index (χ2n) is 11.7. The molecule has 0 fully saturated rings. The highest BCUT2D eigenvalue weighted by atomic mass is 16.2. The van der Waals surface area contributed by atoms with Gasteiger partial charge in [0.1, 0.15) is 6.07 Å². The molecule has 0 saturated heterocycles. The molecule has 216 valence electrons. The fourth-order valence-corrected chi connectivity index (χ4v) is 7.10. The number of benzene rings is 6. The van der Waals surface area contributed by atoms with E-state index in [9.17, 15) is 14.9 Å². The maximum Gasteiger partial charge on any atom is 0.266 e. The smallest absolute Gasteiger partial charge is 0.266 e. The lowest BCUT2D eigenvalue weighted by Crippen LogP contribution is -2.29. The standard InChI is InChI=1S/C40H24N4O2/c1-24-14-16-26(17-15-24)42-35-13-7-5-11-32(35)37-36(42)21-19-29-28-8-4-6-12-34(28)44(38(29)37)33-20-18-27(22-25(33)23-41)43-39(45)30-9-2-3-10-31(30)40(43)46/h2-22H,1H3. The summed E-state index contributed by atoms with van der Waals surface area (Å²) < 4.78 is 4.45. The Morgan fingerprint density at radius 1 is 0.565 bits per heavy atom. The number of imide groups is 1. The van der Waals surface area contributed by atoms with Gasteiger partial charge in [-0.25, -0.2) is 4.90 Å². The summed E-state index contributed by atoms with van der Waals surface area (Å²) in [6.45, 7) is 2.09. The van der Waals surface area contributed by atoms with E-state index in [0.29, 0.717) is 28.1 Å². The second kappa shape index (κ2) is 9.52. The summed E-state index contributed by atoms with van der Waals surface area (Å²) in [5, 5.41) is 14.9. The predicted octanol–water partition coefficient (Wildman–Crippen LogP) is 8.86. The number of aromatic nitrogens is 2. The first-order valence-corrected chi connectivity index (χ1v) is 15.1. The minimum absolute atomic E-state index is 0.357. The summed E-state index contributed by atoms with van der Waals surface area (Å²) >= 11 is 0. The maximum absolute atomic E-state index is 13.3. The highest BCUT2D eigenvalue weighted by Crippen LogP contribution is 2.43. The monoisotopic (exact) mass is 592 g/mol. The molecule has 3 heterocycles. The van der Waals surface area contributed by atoms with Crippen molar-refractivity contribution in [2.45, 2.75) is 6.92 Å². The van der Waals surface area contributed by atoms with E-state index in [-0.39, 0.29) is 11.8 Å². The Bertz CT molecular complexity index is 2620. The van der Waals surface area contributed by atoms with Gasteiger partial charge in [-0.2, -0.15) is 5.26 Å². The van der Waals surface area contributed by atoms with Crippen LogP contribution in [-0.4, -0.2) is 20.9 Å². The van der Waals surface area contributed by atoms with Crippen molar-refractivity contribution in [3.8, 4) is 17.4 Å².